The van der Waals surface area contributed by atoms with E-state index in [0.717, 1.165) is 18.0 Å². The van der Waals surface area contributed by atoms with Crippen molar-refractivity contribution in [3.63, 3.8) is 0 Å². The molecule has 2 rings (SSSR count). The lowest BCUT2D eigenvalue weighted by Gasteiger charge is -2.09. The summed E-state index contributed by atoms with van der Waals surface area (Å²) >= 11 is 0. The van der Waals surface area contributed by atoms with E-state index in [1.54, 1.807) is 7.11 Å². The fourth-order valence-electron chi connectivity index (χ4n) is 1.56. The van der Waals surface area contributed by atoms with Crippen LogP contribution < -0.4 is 10.1 Å². The highest BCUT2D eigenvalue weighted by Crippen LogP contribution is 2.16. The van der Waals surface area contributed by atoms with Crippen LogP contribution in [0.5, 0.6) is 5.75 Å². The van der Waals surface area contributed by atoms with E-state index in [4.69, 9.17) is 4.74 Å². The van der Waals surface area contributed by atoms with Gasteiger partial charge in [-0.15, -0.1) is 0 Å². The van der Waals surface area contributed by atoms with Gasteiger partial charge in [-0.1, -0.05) is 24.3 Å². The van der Waals surface area contributed by atoms with E-state index in [0.29, 0.717) is 5.92 Å². The van der Waals surface area contributed by atoms with Crippen molar-refractivity contribution < 1.29 is 4.74 Å². The predicted molar refractivity (Wildman–Crippen MR) is 63.3 cm³/mol. The quantitative estimate of drug-likeness (QED) is 0.808. The standard InChI is InChI=1S/C13H15NO/c1-15-13-8-6-12(7-9-13)14-10-11-4-2-3-5-11/h2-9,11,14H,10H2,1H3. The summed E-state index contributed by atoms with van der Waals surface area (Å²) in [5.41, 5.74) is 1.13. The molecule has 0 saturated heterocycles. The number of methoxy groups -OCH3 is 1. The summed E-state index contributed by atoms with van der Waals surface area (Å²) in [7, 11) is 1.68. The summed E-state index contributed by atoms with van der Waals surface area (Å²) in [5.74, 6) is 1.41. The van der Waals surface area contributed by atoms with E-state index in [1.165, 1.54) is 0 Å². The van der Waals surface area contributed by atoms with Crippen LogP contribution in [0.15, 0.2) is 48.6 Å². The number of hydrogen-bond donors (Lipinski definition) is 1. The largest absolute Gasteiger partial charge is 0.497 e. The zero-order chi connectivity index (χ0) is 10.5. The molecule has 1 aliphatic carbocycles. The monoisotopic (exact) mass is 201 g/mol. The minimum absolute atomic E-state index is 0.520. The average Bonchev–Trinajstić information content (AvgIpc) is 2.80. The number of rotatable bonds is 4. The topological polar surface area (TPSA) is 21.3 Å². The van der Waals surface area contributed by atoms with Crippen molar-refractivity contribution in [2.45, 2.75) is 0 Å². The number of allylic oxidation sites excluding steroid dienone is 2. The lowest BCUT2D eigenvalue weighted by Crippen LogP contribution is -2.08. The molecule has 0 unspecified atom stereocenters. The van der Waals surface area contributed by atoms with Crippen molar-refractivity contribution >= 4 is 5.69 Å². The van der Waals surface area contributed by atoms with Crippen molar-refractivity contribution in [2.75, 3.05) is 19.0 Å². The van der Waals surface area contributed by atoms with E-state index in [-0.39, 0.29) is 0 Å². The smallest absolute Gasteiger partial charge is 0.119 e. The predicted octanol–water partition coefficient (Wildman–Crippen LogP) is 2.85. The highest BCUT2D eigenvalue weighted by atomic mass is 16.5. The molecule has 1 aromatic carbocycles. The molecule has 1 aliphatic rings. The molecule has 1 aromatic rings. The molecule has 15 heavy (non-hydrogen) atoms. The number of ether oxygens (including phenoxy) is 1. The second kappa shape index (κ2) is 4.69. The summed E-state index contributed by atoms with van der Waals surface area (Å²) in [6.45, 7) is 0.944. The van der Waals surface area contributed by atoms with Crippen molar-refractivity contribution in [1.82, 2.24) is 0 Å². The van der Waals surface area contributed by atoms with Crippen molar-refractivity contribution in [3.05, 3.63) is 48.6 Å². The first kappa shape index (κ1) is 9.84. The maximum absolute atomic E-state index is 5.10. The van der Waals surface area contributed by atoms with Gasteiger partial charge in [-0.25, -0.2) is 0 Å². The van der Waals surface area contributed by atoms with E-state index < -0.39 is 0 Å². The fourth-order valence-corrected chi connectivity index (χ4v) is 1.56. The maximum Gasteiger partial charge on any atom is 0.119 e. The minimum atomic E-state index is 0.520. The van der Waals surface area contributed by atoms with Gasteiger partial charge < -0.3 is 10.1 Å². The third-order valence-corrected chi connectivity index (χ3v) is 2.46. The Morgan fingerprint density at radius 1 is 1.13 bits per heavy atom. The van der Waals surface area contributed by atoms with E-state index >= 15 is 0 Å². The molecule has 0 saturated carbocycles. The van der Waals surface area contributed by atoms with Gasteiger partial charge in [0.15, 0.2) is 0 Å². The van der Waals surface area contributed by atoms with Crippen LogP contribution in [-0.2, 0) is 0 Å². The van der Waals surface area contributed by atoms with Gasteiger partial charge in [0.25, 0.3) is 0 Å². The Balaban J connectivity index is 1.87. The Labute approximate surface area is 90.3 Å². The van der Waals surface area contributed by atoms with Crippen LogP contribution >= 0.6 is 0 Å². The van der Waals surface area contributed by atoms with Gasteiger partial charge in [0.1, 0.15) is 5.75 Å². The third-order valence-electron chi connectivity index (χ3n) is 2.46. The van der Waals surface area contributed by atoms with Gasteiger partial charge in [-0.3, -0.25) is 0 Å². The molecule has 0 amide bonds. The number of nitrogens with one attached hydrogen (secondary N) is 1. The van der Waals surface area contributed by atoms with Gasteiger partial charge in [0, 0.05) is 18.2 Å². The number of benzene rings is 1. The second-order valence-corrected chi connectivity index (χ2v) is 3.54. The van der Waals surface area contributed by atoms with Gasteiger partial charge in [0.05, 0.1) is 7.11 Å². The zero-order valence-corrected chi connectivity index (χ0v) is 8.81. The summed E-state index contributed by atoms with van der Waals surface area (Å²) in [4.78, 5) is 0. The Morgan fingerprint density at radius 3 is 2.40 bits per heavy atom. The highest BCUT2D eigenvalue weighted by Gasteiger charge is 2.02. The van der Waals surface area contributed by atoms with Crippen LogP contribution in [0, 0.1) is 5.92 Å². The molecule has 0 spiro atoms. The molecule has 0 aliphatic heterocycles. The van der Waals surface area contributed by atoms with Crippen LogP contribution in [0.25, 0.3) is 0 Å². The molecule has 2 nitrogen and oxygen atoms in total. The molecule has 0 heterocycles. The lowest BCUT2D eigenvalue weighted by atomic mass is 10.1. The Bertz CT molecular complexity index is 353. The molecule has 0 bridgehead atoms. The fraction of sp³-hybridized carbons (Fsp3) is 0.231. The minimum Gasteiger partial charge on any atom is -0.497 e. The average molecular weight is 201 g/mol. The van der Waals surface area contributed by atoms with Crippen LogP contribution in [0.3, 0.4) is 0 Å². The summed E-state index contributed by atoms with van der Waals surface area (Å²) in [6.07, 6.45) is 8.55. The lowest BCUT2D eigenvalue weighted by molar-refractivity contribution is 0.415. The van der Waals surface area contributed by atoms with Crippen molar-refractivity contribution in [3.8, 4) is 5.75 Å². The molecular formula is C13H15NO. The molecule has 0 fully saturated rings. The van der Waals surface area contributed by atoms with Crippen LogP contribution in [0.4, 0.5) is 5.69 Å². The SMILES string of the molecule is COc1ccc(NCC2C=CC=C2)cc1. The van der Waals surface area contributed by atoms with Crippen LogP contribution in [0.1, 0.15) is 0 Å². The normalized spacial score (nSPS) is 14.5. The molecule has 0 radical (unpaired) electrons. The molecule has 1 N–H and O–H groups in total. The molecule has 0 aromatic heterocycles. The molecule has 2 heteroatoms. The number of anilines is 1. The highest BCUT2D eigenvalue weighted by molar-refractivity contribution is 5.46. The zero-order valence-electron chi connectivity index (χ0n) is 8.81. The Hall–Kier alpha value is -1.70. The first-order chi connectivity index (χ1) is 7.38. The third kappa shape index (κ3) is 2.62. The summed E-state index contributed by atoms with van der Waals surface area (Å²) in [6, 6.07) is 7.98. The van der Waals surface area contributed by atoms with Gasteiger partial charge in [0.2, 0.25) is 0 Å². The summed E-state index contributed by atoms with van der Waals surface area (Å²) < 4.78 is 5.10. The van der Waals surface area contributed by atoms with Crippen molar-refractivity contribution in [2.24, 2.45) is 5.92 Å². The first-order valence-electron chi connectivity index (χ1n) is 5.11. The van der Waals surface area contributed by atoms with Gasteiger partial charge in [-0.05, 0) is 24.3 Å². The van der Waals surface area contributed by atoms with E-state index in [9.17, 15) is 0 Å². The Kier molecular flexibility index (Phi) is 3.08. The Morgan fingerprint density at radius 2 is 1.80 bits per heavy atom. The molecular weight excluding hydrogens is 186 g/mol. The van der Waals surface area contributed by atoms with E-state index in [1.807, 2.05) is 24.3 Å². The van der Waals surface area contributed by atoms with Gasteiger partial charge in [-0.2, -0.15) is 0 Å². The van der Waals surface area contributed by atoms with E-state index in [2.05, 4.69) is 29.6 Å². The summed E-state index contributed by atoms with van der Waals surface area (Å²) in [5, 5.41) is 3.38. The first-order valence-corrected chi connectivity index (χ1v) is 5.11. The second-order valence-electron chi connectivity index (χ2n) is 3.54. The molecule has 0 atom stereocenters. The van der Waals surface area contributed by atoms with Crippen molar-refractivity contribution in [1.29, 1.82) is 0 Å². The maximum atomic E-state index is 5.10. The van der Waals surface area contributed by atoms with Crippen LogP contribution in [-0.4, -0.2) is 13.7 Å². The van der Waals surface area contributed by atoms with Crippen LogP contribution in [0.2, 0.25) is 0 Å². The number of hydrogen-bond acceptors (Lipinski definition) is 2. The molecule has 78 valence electrons. The van der Waals surface area contributed by atoms with Gasteiger partial charge >= 0.3 is 0 Å².